The van der Waals surface area contributed by atoms with Gasteiger partial charge in [0.1, 0.15) is 19.0 Å². The molecule has 0 spiro atoms. The Hall–Kier alpha value is -1.96. The minimum absolute atomic E-state index is 0.0957. The van der Waals surface area contributed by atoms with E-state index in [9.17, 15) is 9.50 Å². The summed E-state index contributed by atoms with van der Waals surface area (Å²) in [5.41, 5.74) is 2.53. The van der Waals surface area contributed by atoms with Crippen LogP contribution in [0.5, 0.6) is 11.6 Å². The lowest BCUT2D eigenvalue weighted by molar-refractivity contribution is 0.0319. The van der Waals surface area contributed by atoms with Gasteiger partial charge in [-0.15, -0.1) is 0 Å². The van der Waals surface area contributed by atoms with Gasteiger partial charge in [-0.1, -0.05) is 18.7 Å². The Labute approximate surface area is 160 Å². The van der Waals surface area contributed by atoms with E-state index >= 15 is 0 Å². The number of rotatable bonds is 11. The molecule has 0 aliphatic rings. The van der Waals surface area contributed by atoms with Crippen molar-refractivity contribution in [2.45, 2.75) is 0 Å². The van der Waals surface area contributed by atoms with Crippen molar-refractivity contribution in [1.29, 1.82) is 0 Å². The summed E-state index contributed by atoms with van der Waals surface area (Å²) in [4.78, 5) is 4.30. The SMILES string of the molecule is C=C(c1ccc(O)cc1)c1cnc(OCCOCCOCCF)c(Br)c1. The summed E-state index contributed by atoms with van der Waals surface area (Å²) in [5.74, 6) is 0.672. The van der Waals surface area contributed by atoms with E-state index in [4.69, 9.17) is 14.2 Å². The topological polar surface area (TPSA) is 60.8 Å². The Balaban J connectivity index is 1.81. The predicted molar refractivity (Wildman–Crippen MR) is 101 cm³/mol. The van der Waals surface area contributed by atoms with Gasteiger partial charge in [-0.2, -0.15) is 0 Å². The van der Waals surface area contributed by atoms with Gasteiger partial charge in [0, 0.05) is 11.8 Å². The van der Waals surface area contributed by atoms with Crippen molar-refractivity contribution >= 4 is 21.5 Å². The number of halogens is 2. The number of nitrogens with zero attached hydrogens (tertiary/aromatic N) is 1. The zero-order valence-electron chi connectivity index (χ0n) is 14.3. The summed E-state index contributed by atoms with van der Waals surface area (Å²) < 4.78 is 28.4. The van der Waals surface area contributed by atoms with Crippen molar-refractivity contribution < 1.29 is 23.7 Å². The second-order valence-electron chi connectivity index (χ2n) is 5.30. The highest BCUT2D eigenvalue weighted by atomic mass is 79.9. The molecule has 1 aromatic carbocycles. The average Bonchev–Trinajstić information content (AvgIpc) is 2.65. The number of hydrogen-bond donors (Lipinski definition) is 1. The summed E-state index contributed by atoms with van der Waals surface area (Å²) >= 11 is 3.45. The molecule has 0 fully saturated rings. The van der Waals surface area contributed by atoms with Gasteiger partial charge in [0.2, 0.25) is 5.88 Å². The molecule has 0 bridgehead atoms. The van der Waals surface area contributed by atoms with Crippen LogP contribution in [0.1, 0.15) is 11.1 Å². The molecule has 1 N–H and O–H groups in total. The van der Waals surface area contributed by atoms with E-state index in [-0.39, 0.29) is 12.4 Å². The van der Waals surface area contributed by atoms with E-state index in [1.165, 1.54) is 0 Å². The van der Waals surface area contributed by atoms with Crippen LogP contribution in [-0.2, 0) is 9.47 Å². The quantitative estimate of drug-likeness (QED) is 0.551. The number of benzene rings is 1. The zero-order valence-corrected chi connectivity index (χ0v) is 15.9. The first kappa shape index (κ1) is 20.4. The van der Waals surface area contributed by atoms with Gasteiger partial charge >= 0.3 is 0 Å². The van der Waals surface area contributed by atoms with Gasteiger partial charge < -0.3 is 19.3 Å². The first-order valence-corrected chi connectivity index (χ1v) is 8.89. The van der Waals surface area contributed by atoms with Crippen molar-refractivity contribution in [3.05, 3.63) is 58.7 Å². The number of phenolic OH excluding ortho intramolecular Hbond substituents is 1. The van der Waals surface area contributed by atoms with Crippen molar-refractivity contribution in [2.24, 2.45) is 0 Å². The van der Waals surface area contributed by atoms with Crippen LogP contribution in [0.25, 0.3) is 5.57 Å². The monoisotopic (exact) mass is 425 g/mol. The number of alkyl halides is 1. The van der Waals surface area contributed by atoms with Crippen LogP contribution < -0.4 is 4.74 Å². The van der Waals surface area contributed by atoms with E-state index in [1.54, 1.807) is 30.5 Å². The highest BCUT2D eigenvalue weighted by Crippen LogP contribution is 2.29. The Kier molecular flexibility index (Phi) is 8.53. The molecule has 140 valence electrons. The standard InChI is InChI=1S/C19H21BrFNO4/c1-14(15-2-4-17(23)5-3-15)16-12-18(20)19(22-13-16)26-11-10-25-9-8-24-7-6-21/h2-5,12-13,23H,1,6-11H2. The number of pyridine rings is 1. The largest absolute Gasteiger partial charge is 0.508 e. The van der Waals surface area contributed by atoms with E-state index in [0.29, 0.717) is 36.8 Å². The molecule has 26 heavy (non-hydrogen) atoms. The van der Waals surface area contributed by atoms with E-state index < -0.39 is 6.67 Å². The van der Waals surface area contributed by atoms with Crippen molar-refractivity contribution in [2.75, 3.05) is 39.7 Å². The molecule has 0 saturated carbocycles. The Bertz CT molecular complexity index is 709. The van der Waals surface area contributed by atoms with Crippen LogP contribution in [0.3, 0.4) is 0 Å². The maximum Gasteiger partial charge on any atom is 0.228 e. The van der Waals surface area contributed by atoms with E-state index in [2.05, 4.69) is 27.5 Å². The first-order chi connectivity index (χ1) is 12.6. The van der Waals surface area contributed by atoms with Crippen molar-refractivity contribution in [3.63, 3.8) is 0 Å². The highest BCUT2D eigenvalue weighted by Gasteiger charge is 2.08. The molecular weight excluding hydrogens is 405 g/mol. The van der Waals surface area contributed by atoms with Crippen LogP contribution in [0.2, 0.25) is 0 Å². The van der Waals surface area contributed by atoms with Gasteiger partial charge in [0.05, 0.1) is 30.9 Å². The molecule has 1 heterocycles. The molecule has 2 rings (SSSR count). The normalized spacial score (nSPS) is 10.7. The number of ether oxygens (including phenoxy) is 3. The molecular formula is C19H21BrFNO4. The third-order valence-corrected chi connectivity index (χ3v) is 4.00. The maximum absolute atomic E-state index is 11.8. The molecule has 7 heteroatoms. The van der Waals surface area contributed by atoms with Gasteiger partial charge in [0.25, 0.3) is 0 Å². The number of aromatic hydroxyl groups is 1. The molecule has 1 aromatic heterocycles. The fraction of sp³-hybridized carbons (Fsp3) is 0.316. The van der Waals surface area contributed by atoms with E-state index in [0.717, 1.165) is 16.7 Å². The Morgan fingerprint density at radius 3 is 2.35 bits per heavy atom. The zero-order chi connectivity index (χ0) is 18.8. The minimum Gasteiger partial charge on any atom is -0.508 e. The molecule has 2 aromatic rings. The second-order valence-corrected chi connectivity index (χ2v) is 6.15. The summed E-state index contributed by atoms with van der Waals surface area (Å²) in [6.07, 6.45) is 1.68. The lowest BCUT2D eigenvalue weighted by atomic mass is 10.0. The summed E-state index contributed by atoms with van der Waals surface area (Å²) in [6.45, 7) is 5.16. The van der Waals surface area contributed by atoms with Crippen LogP contribution >= 0.6 is 15.9 Å². The smallest absolute Gasteiger partial charge is 0.228 e. The highest BCUT2D eigenvalue weighted by molar-refractivity contribution is 9.10. The lowest BCUT2D eigenvalue weighted by Crippen LogP contribution is -2.12. The van der Waals surface area contributed by atoms with Gasteiger partial charge in [-0.3, -0.25) is 0 Å². The van der Waals surface area contributed by atoms with Gasteiger partial charge in [-0.25, -0.2) is 9.37 Å². The third kappa shape index (κ3) is 6.40. The van der Waals surface area contributed by atoms with Crippen LogP contribution in [0.4, 0.5) is 4.39 Å². The molecule has 0 saturated heterocycles. The van der Waals surface area contributed by atoms with Crippen LogP contribution in [0, 0.1) is 0 Å². The number of hydrogen-bond acceptors (Lipinski definition) is 5. The Morgan fingerprint density at radius 2 is 1.69 bits per heavy atom. The van der Waals surface area contributed by atoms with Crippen LogP contribution in [-0.4, -0.2) is 49.8 Å². The van der Waals surface area contributed by atoms with Crippen molar-refractivity contribution in [1.82, 2.24) is 4.98 Å². The summed E-state index contributed by atoms with van der Waals surface area (Å²) in [5, 5.41) is 9.37. The number of phenols is 1. The third-order valence-electron chi connectivity index (χ3n) is 3.43. The number of aromatic nitrogens is 1. The fourth-order valence-electron chi connectivity index (χ4n) is 2.10. The molecule has 5 nitrogen and oxygen atoms in total. The van der Waals surface area contributed by atoms with E-state index in [1.807, 2.05) is 6.07 Å². The van der Waals surface area contributed by atoms with Gasteiger partial charge in [-0.05, 0) is 45.3 Å². The maximum atomic E-state index is 11.8. The molecule has 0 aliphatic carbocycles. The molecule has 0 atom stereocenters. The lowest BCUT2D eigenvalue weighted by Gasteiger charge is -2.11. The Morgan fingerprint density at radius 1 is 1.04 bits per heavy atom. The molecule has 0 aliphatic heterocycles. The molecule has 0 radical (unpaired) electrons. The minimum atomic E-state index is -0.488. The van der Waals surface area contributed by atoms with Crippen LogP contribution in [0.15, 0.2) is 47.6 Å². The fourth-order valence-corrected chi connectivity index (χ4v) is 2.56. The molecule has 0 amide bonds. The van der Waals surface area contributed by atoms with Crippen molar-refractivity contribution in [3.8, 4) is 11.6 Å². The summed E-state index contributed by atoms with van der Waals surface area (Å²) in [6, 6.07) is 8.70. The van der Waals surface area contributed by atoms with Gasteiger partial charge in [0.15, 0.2) is 0 Å². The second kappa shape index (κ2) is 10.9. The predicted octanol–water partition coefficient (Wildman–Crippen LogP) is 3.99. The first-order valence-electron chi connectivity index (χ1n) is 8.10. The summed E-state index contributed by atoms with van der Waals surface area (Å²) in [7, 11) is 0. The average molecular weight is 426 g/mol. The molecule has 0 unspecified atom stereocenters.